The van der Waals surface area contributed by atoms with E-state index >= 15 is 4.39 Å². The second kappa shape index (κ2) is 7.65. The van der Waals surface area contributed by atoms with E-state index in [0.29, 0.717) is 17.8 Å². The molecule has 0 radical (unpaired) electrons. The average molecular weight is 325 g/mol. The summed E-state index contributed by atoms with van der Waals surface area (Å²) in [4.78, 5) is 0. The Morgan fingerprint density at radius 1 is 1.17 bits per heavy atom. The number of halogens is 1. The summed E-state index contributed by atoms with van der Waals surface area (Å²) in [7, 11) is 0. The van der Waals surface area contributed by atoms with Crippen molar-refractivity contribution in [2.75, 3.05) is 0 Å². The van der Waals surface area contributed by atoms with Crippen molar-refractivity contribution >= 4 is 0 Å². The lowest BCUT2D eigenvalue weighted by Gasteiger charge is -2.25. The largest absolute Gasteiger partial charge is 0.382 e. The van der Waals surface area contributed by atoms with Crippen molar-refractivity contribution < 1.29 is 4.39 Å². The topological polar surface area (TPSA) is 12.0 Å². The number of rotatable bonds is 7. The molecule has 0 heterocycles. The summed E-state index contributed by atoms with van der Waals surface area (Å²) < 4.78 is 15.2. The third-order valence-electron chi connectivity index (χ3n) is 4.57. The lowest BCUT2D eigenvalue weighted by molar-refractivity contribution is 0.231. The summed E-state index contributed by atoms with van der Waals surface area (Å²) >= 11 is 0. The van der Waals surface area contributed by atoms with Gasteiger partial charge in [-0.1, -0.05) is 68.0 Å². The highest BCUT2D eigenvalue weighted by Crippen LogP contribution is 2.31. The fraction of sp³-hybridized carbons (Fsp3) is 0.364. The van der Waals surface area contributed by atoms with Crippen LogP contribution in [0.2, 0.25) is 0 Å². The van der Waals surface area contributed by atoms with Crippen molar-refractivity contribution in [3.05, 3.63) is 82.6 Å². The van der Waals surface area contributed by atoms with Gasteiger partial charge in [-0.2, -0.15) is 0 Å². The highest BCUT2D eigenvalue weighted by Gasteiger charge is 2.29. The summed E-state index contributed by atoms with van der Waals surface area (Å²) in [5.41, 5.74) is 4.32. The van der Waals surface area contributed by atoms with Crippen LogP contribution in [0.3, 0.4) is 0 Å². The second-order valence-corrected chi connectivity index (χ2v) is 6.72. The van der Waals surface area contributed by atoms with Gasteiger partial charge in [0.1, 0.15) is 0 Å². The van der Waals surface area contributed by atoms with Crippen LogP contribution in [0.1, 0.15) is 48.1 Å². The molecule has 2 heteroatoms. The van der Waals surface area contributed by atoms with Crippen molar-refractivity contribution in [2.24, 2.45) is 0 Å². The molecule has 1 atom stereocenters. The molecule has 0 spiro atoms. The number of alkyl halides is 1. The molecule has 0 aliphatic heterocycles. The fourth-order valence-corrected chi connectivity index (χ4v) is 2.86. The van der Waals surface area contributed by atoms with Gasteiger partial charge in [-0.3, -0.25) is 0 Å². The van der Waals surface area contributed by atoms with Gasteiger partial charge in [0.05, 0.1) is 0 Å². The van der Waals surface area contributed by atoms with Crippen LogP contribution in [0.25, 0.3) is 0 Å². The van der Waals surface area contributed by atoms with E-state index in [2.05, 4.69) is 43.9 Å². The Bertz CT molecular complexity index is 716. The zero-order valence-electron chi connectivity index (χ0n) is 15.2. The van der Waals surface area contributed by atoms with Gasteiger partial charge in [0.2, 0.25) is 0 Å². The standard InChI is InChI=1S/C22H28FN/c1-6-8-20-14-19(12-11-17(20)3)15-24-18(4)22(5,23)21-10-7-9-16(2)13-21/h7,9-14,24H,4,6,8,15H2,1-3,5H3. The number of hydrogen-bond acceptors (Lipinski definition) is 1. The first kappa shape index (κ1) is 18.3. The molecule has 0 amide bonds. The zero-order valence-corrected chi connectivity index (χ0v) is 15.2. The van der Waals surface area contributed by atoms with Crippen LogP contribution in [0.4, 0.5) is 4.39 Å². The third kappa shape index (κ3) is 4.25. The van der Waals surface area contributed by atoms with Gasteiger partial charge in [0.25, 0.3) is 0 Å². The average Bonchev–Trinajstić information content (AvgIpc) is 2.55. The molecule has 0 saturated heterocycles. The molecule has 2 aromatic rings. The summed E-state index contributed by atoms with van der Waals surface area (Å²) in [5, 5.41) is 3.18. The Hall–Kier alpha value is -2.09. The number of benzene rings is 2. The second-order valence-electron chi connectivity index (χ2n) is 6.72. The minimum Gasteiger partial charge on any atom is -0.382 e. The first-order chi connectivity index (χ1) is 11.3. The molecule has 0 aromatic heterocycles. The molecule has 0 saturated carbocycles. The summed E-state index contributed by atoms with van der Waals surface area (Å²) in [5.74, 6) is 0. The monoisotopic (exact) mass is 325 g/mol. The predicted octanol–water partition coefficient (Wildman–Crippen LogP) is 5.74. The van der Waals surface area contributed by atoms with Crippen molar-refractivity contribution in [2.45, 2.75) is 52.8 Å². The maximum atomic E-state index is 15.2. The van der Waals surface area contributed by atoms with Gasteiger partial charge in [0.15, 0.2) is 5.67 Å². The van der Waals surface area contributed by atoms with E-state index in [1.807, 2.05) is 31.2 Å². The molecule has 0 aliphatic rings. The molecule has 1 unspecified atom stereocenters. The van der Waals surface area contributed by atoms with Gasteiger partial charge < -0.3 is 5.32 Å². The third-order valence-corrected chi connectivity index (χ3v) is 4.57. The van der Waals surface area contributed by atoms with Crippen LogP contribution in [0.5, 0.6) is 0 Å². The van der Waals surface area contributed by atoms with E-state index in [4.69, 9.17) is 0 Å². The molecule has 128 valence electrons. The van der Waals surface area contributed by atoms with E-state index in [1.165, 1.54) is 11.1 Å². The van der Waals surface area contributed by atoms with Crippen molar-refractivity contribution in [1.29, 1.82) is 0 Å². The van der Waals surface area contributed by atoms with Crippen molar-refractivity contribution in [3.8, 4) is 0 Å². The highest BCUT2D eigenvalue weighted by atomic mass is 19.1. The fourth-order valence-electron chi connectivity index (χ4n) is 2.86. The van der Waals surface area contributed by atoms with E-state index in [9.17, 15) is 0 Å². The smallest absolute Gasteiger partial charge is 0.171 e. The zero-order chi connectivity index (χ0) is 17.7. The van der Waals surface area contributed by atoms with E-state index in [-0.39, 0.29) is 0 Å². The lowest BCUT2D eigenvalue weighted by atomic mass is 9.93. The molecule has 0 fully saturated rings. The minimum atomic E-state index is -1.59. The molecule has 1 nitrogen and oxygen atoms in total. The Balaban J connectivity index is 2.08. The highest BCUT2D eigenvalue weighted by molar-refractivity contribution is 5.34. The van der Waals surface area contributed by atoms with E-state index < -0.39 is 5.67 Å². The van der Waals surface area contributed by atoms with Gasteiger partial charge >= 0.3 is 0 Å². The van der Waals surface area contributed by atoms with E-state index in [1.54, 1.807) is 6.92 Å². The Morgan fingerprint density at radius 2 is 1.92 bits per heavy atom. The molecule has 0 bridgehead atoms. The van der Waals surface area contributed by atoms with Gasteiger partial charge in [-0.15, -0.1) is 0 Å². The Kier molecular flexibility index (Phi) is 5.82. The summed E-state index contributed by atoms with van der Waals surface area (Å²) in [6, 6.07) is 14.0. The summed E-state index contributed by atoms with van der Waals surface area (Å²) in [6.45, 7) is 12.4. The van der Waals surface area contributed by atoms with Gasteiger partial charge in [-0.05, 0) is 49.4 Å². The Morgan fingerprint density at radius 3 is 2.58 bits per heavy atom. The van der Waals surface area contributed by atoms with Gasteiger partial charge in [0, 0.05) is 12.2 Å². The van der Waals surface area contributed by atoms with Crippen LogP contribution in [0.15, 0.2) is 54.7 Å². The first-order valence-corrected chi connectivity index (χ1v) is 8.62. The lowest BCUT2D eigenvalue weighted by Crippen LogP contribution is -2.28. The first-order valence-electron chi connectivity index (χ1n) is 8.62. The SMILES string of the molecule is C=C(NCc1ccc(C)c(CCC)c1)C(C)(F)c1cccc(C)c1. The van der Waals surface area contributed by atoms with Crippen LogP contribution in [-0.2, 0) is 18.6 Å². The van der Waals surface area contributed by atoms with Crippen LogP contribution >= 0.6 is 0 Å². The van der Waals surface area contributed by atoms with Crippen LogP contribution in [0, 0.1) is 13.8 Å². The molecule has 24 heavy (non-hydrogen) atoms. The molecular weight excluding hydrogens is 297 g/mol. The number of aryl methyl sites for hydroxylation is 3. The predicted molar refractivity (Wildman–Crippen MR) is 101 cm³/mol. The maximum Gasteiger partial charge on any atom is 0.171 e. The quantitative estimate of drug-likeness (QED) is 0.684. The molecule has 2 rings (SSSR count). The van der Waals surface area contributed by atoms with Gasteiger partial charge in [-0.25, -0.2) is 4.39 Å². The number of allylic oxidation sites excluding steroid dienone is 1. The number of nitrogens with one attached hydrogen (secondary N) is 1. The Labute approximate surface area is 145 Å². The van der Waals surface area contributed by atoms with E-state index in [0.717, 1.165) is 24.0 Å². The summed E-state index contributed by atoms with van der Waals surface area (Å²) in [6.07, 6.45) is 2.20. The number of hydrogen-bond donors (Lipinski definition) is 1. The van der Waals surface area contributed by atoms with Crippen molar-refractivity contribution in [1.82, 2.24) is 5.32 Å². The normalized spacial score (nSPS) is 13.4. The minimum absolute atomic E-state index is 0.394. The molecule has 2 aromatic carbocycles. The van der Waals surface area contributed by atoms with Crippen LogP contribution < -0.4 is 5.32 Å². The van der Waals surface area contributed by atoms with Crippen molar-refractivity contribution in [3.63, 3.8) is 0 Å². The molecule has 0 aliphatic carbocycles. The maximum absolute atomic E-state index is 15.2. The molecular formula is C22H28FN. The molecule has 1 N–H and O–H groups in total. The van der Waals surface area contributed by atoms with Crippen LogP contribution in [-0.4, -0.2) is 0 Å².